The molecule has 0 saturated carbocycles. The molecule has 1 aromatic carbocycles. The topological polar surface area (TPSA) is 72.6 Å². The van der Waals surface area contributed by atoms with Crippen LogP contribution in [0.3, 0.4) is 0 Å². The van der Waals surface area contributed by atoms with E-state index in [2.05, 4.69) is 0 Å². The highest BCUT2D eigenvalue weighted by atomic mass is 32.2. The van der Waals surface area contributed by atoms with Crippen LogP contribution in [-0.2, 0) is 14.8 Å². The third-order valence-corrected chi connectivity index (χ3v) is 5.01. The van der Waals surface area contributed by atoms with Gasteiger partial charge in [-0.1, -0.05) is 6.92 Å². The molecule has 0 radical (unpaired) electrons. The Morgan fingerprint density at radius 3 is 2.95 bits per heavy atom. The molecule has 1 atom stereocenters. The van der Waals surface area contributed by atoms with Gasteiger partial charge in [0.2, 0.25) is 10.0 Å². The number of ether oxygens (including phenoxy) is 1. The number of hydrogen-bond acceptors (Lipinski definition) is 4. The SMILES string of the molecule is CCC1CN(S(=O)(=O)c2cc(N)ccc2F)CCO1. The van der Waals surface area contributed by atoms with Crippen LogP contribution in [0.25, 0.3) is 0 Å². The fourth-order valence-electron chi connectivity index (χ4n) is 2.01. The molecular weight excluding hydrogens is 271 g/mol. The number of nitrogens with two attached hydrogens (primary N) is 1. The zero-order chi connectivity index (χ0) is 14.0. The van der Waals surface area contributed by atoms with E-state index in [9.17, 15) is 12.8 Å². The average Bonchev–Trinajstić information content (AvgIpc) is 2.41. The number of anilines is 1. The highest BCUT2D eigenvalue weighted by Gasteiger charge is 2.32. The smallest absolute Gasteiger partial charge is 0.246 e. The maximum atomic E-state index is 13.7. The first-order valence-corrected chi connectivity index (χ1v) is 7.56. The van der Waals surface area contributed by atoms with Gasteiger partial charge in [-0.2, -0.15) is 4.31 Å². The lowest BCUT2D eigenvalue weighted by molar-refractivity contribution is -0.00283. The zero-order valence-electron chi connectivity index (χ0n) is 10.7. The first kappa shape index (κ1) is 14.2. The van der Waals surface area contributed by atoms with Crippen LogP contribution in [0, 0.1) is 5.82 Å². The van der Waals surface area contributed by atoms with Gasteiger partial charge in [-0.05, 0) is 24.6 Å². The highest BCUT2D eigenvalue weighted by molar-refractivity contribution is 7.89. The Labute approximate surface area is 112 Å². The molecule has 0 aliphatic carbocycles. The lowest BCUT2D eigenvalue weighted by atomic mass is 10.2. The summed E-state index contributed by atoms with van der Waals surface area (Å²) in [5, 5.41) is 0. The van der Waals surface area contributed by atoms with Crippen LogP contribution in [0.15, 0.2) is 23.1 Å². The molecule has 1 saturated heterocycles. The van der Waals surface area contributed by atoms with E-state index >= 15 is 0 Å². The zero-order valence-corrected chi connectivity index (χ0v) is 11.5. The minimum Gasteiger partial charge on any atom is -0.399 e. The molecule has 0 amide bonds. The van der Waals surface area contributed by atoms with E-state index in [-0.39, 0.29) is 29.8 Å². The normalized spacial score (nSPS) is 21.5. The third kappa shape index (κ3) is 2.88. The second-order valence-corrected chi connectivity index (χ2v) is 6.36. The summed E-state index contributed by atoms with van der Waals surface area (Å²) in [7, 11) is -3.86. The summed E-state index contributed by atoms with van der Waals surface area (Å²) in [5.41, 5.74) is 5.76. The molecule has 2 rings (SSSR count). The number of halogens is 1. The van der Waals surface area contributed by atoms with Crippen LogP contribution >= 0.6 is 0 Å². The fraction of sp³-hybridized carbons (Fsp3) is 0.500. The maximum absolute atomic E-state index is 13.7. The van der Waals surface area contributed by atoms with Gasteiger partial charge in [-0.25, -0.2) is 12.8 Å². The monoisotopic (exact) mass is 288 g/mol. The van der Waals surface area contributed by atoms with Crippen molar-refractivity contribution in [2.75, 3.05) is 25.4 Å². The van der Waals surface area contributed by atoms with Crippen LogP contribution in [-0.4, -0.2) is 38.5 Å². The molecule has 1 fully saturated rings. The summed E-state index contributed by atoms with van der Waals surface area (Å²) < 4.78 is 45.2. The predicted molar refractivity (Wildman–Crippen MR) is 69.6 cm³/mol. The first-order chi connectivity index (χ1) is 8.95. The van der Waals surface area contributed by atoms with E-state index in [1.165, 1.54) is 10.4 Å². The summed E-state index contributed by atoms with van der Waals surface area (Å²) in [4.78, 5) is -0.371. The predicted octanol–water partition coefficient (Wildman–Crippen LogP) is 1.21. The summed E-state index contributed by atoms with van der Waals surface area (Å²) in [6.45, 7) is 2.71. The average molecular weight is 288 g/mol. The van der Waals surface area contributed by atoms with Crippen LogP contribution in [0.1, 0.15) is 13.3 Å². The van der Waals surface area contributed by atoms with Crippen molar-refractivity contribution in [2.45, 2.75) is 24.3 Å². The van der Waals surface area contributed by atoms with Crippen LogP contribution in [0.4, 0.5) is 10.1 Å². The van der Waals surface area contributed by atoms with E-state index in [0.29, 0.717) is 13.0 Å². The van der Waals surface area contributed by atoms with Crippen LogP contribution < -0.4 is 5.73 Å². The molecule has 1 heterocycles. The summed E-state index contributed by atoms with van der Waals surface area (Å²) in [6, 6.07) is 3.56. The second-order valence-electron chi connectivity index (χ2n) is 4.45. The Balaban J connectivity index is 2.34. The lowest BCUT2D eigenvalue weighted by Crippen LogP contribution is -2.45. The number of nitrogen functional groups attached to an aromatic ring is 1. The van der Waals surface area contributed by atoms with Crippen LogP contribution in [0.2, 0.25) is 0 Å². The Hall–Kier alpha value is -1.18. The van der Waals surface area contributed by atoms with Gasteiger partial charge < -0.3 is 10.5 Å². The molecule has 106 valence electrons. The summed E-state index contributed by atoms with van der Waals surface area (Å²) in [5.74, 6) is -0.784. The van der Waals surface area contributed by atoms with Gasteiger partial charge in [0, 0.05) is 18.8 Å². The van der Waals surface area contributed by atoms with Gasteiger partial charge in [-0.15, -0.1) is 0 Å². The molecule has 0 spiro atoms. The van der Waals surface area contributed by atoms with Gasteiger partial charge in [-0.3, -0.25) is 0 Å². The lowest BCUT2D eigenvalue weighted by Gasteiger charge is -2.31. The van der Waals surface area contributed by atoms with Crippen molar-refractivity contribution in [3.05, 3.63) is 24.0 Å². The Morgan fingerprint density at radius 1 is 1.53 bits per heavy atom. The Bertz CT molecular complexity index is 562. The Kier molecular flexibility index (Phi) is 4.07. The van der Waals surface area contributed by atoms with E-state index < -0.39 is 15.8 Å². The van der Waals surface area contributed by atoms with Crippen molar-refractivity contribution in [2.24, 2.45) is 0 Å². The van der Waals surface area contributed by atoms with Crippen molar-refractivity contribution in [1.29, 1.82) is 0 Å². The van der Waals surface area contributed by atoms with E-state index in [1.807, 2.05) is 6.92 Å². The van der Waals surface area contributed by atoms with Crippen LogP contribution in [0.5, 0.6) is 0 Å². The maximum Gasteiger partial charge on any atom is 0.246 e. The first-order valence-electron chi connectivity index (χ1n) is 6.12. The van der Waals surface area contributed by atoms with Gasteiger partial charge in [0.1, 0.15) is 10.7 Å². The highest BCUT2D eigenvalue weighted by Crippen LogP contribution is 2.23. The molecule has 7 heteroatoms. The molecular formula is C12H17FN2O3S. The molecule has 1 aromatic rings. The molecule has 2 N–H and O–H groups in total. The minimum atomic E-state index is -3.86. The van der Waals surface area contributed by atoms with E-state index in [1.54, 1.807) is 0 Å². The number of sulfonamides is 1. The van der Waals surface area contributed by atoms with Crippen molar-refractivity contribution in [3.8, 4) is 0 Å². The van der Waals surface area contributed by atoms with Crippen molar-refractivity contribution >= 4 is 15.7 Å². The van der Waals surface area contributed by atoms with Gasteiger partial charge in [0.25, 0.3) is 0 Å². The van der Waals surface area contributed by atoms with E-state index in [4.69, 9.17) is 10.5 Å². The van der Waals surface area contributed by atoms with Gasteiger partial charge in [0.05, 0.1) is 12.7 Å². The van der Waals surface area contributed by atoms with Crippen molar-refractivity contribution in [3.63, 3.8) is 0 Å². The fourth-order valence-corrected chi connectivity index (χ4v) is 3.57. The molecule has 1 aliphatic rings. The molecule has 1 aliphatic heterocycles. The number of nitrogens with zero attached hydrogens (tertiary/aromatic N) is 1. The summed E-state index contributed by atoms with van der Waals surface area (Å²) >= 11 is 0. The van der Waals surface area contributed by atoms with Crippen molar-refractivity contribution < 1.29 is 17.5 Å². The Morgan fingerprint density at radius 2 is 2.26 bits per heavy atom. The van der Waals surface area contributed by atoms with E-state index in [0.717, 1.165) is 12.1 Å². The standard InChI is InChI=1S/C12H17FN2O3S/c1-2-10-8-15(5-6-18-10)19(16,17)12-7-9(14)3-4-11(12)13/h3-4,7,10H,2,5-6,8,14H2,1H3. The van der Waals surface area contributed by atoms with Gasteiger partial charge >= 0.3 is 0 Å². The third-order valence-electron chi connectivity index (χ3n) is 3.13. The summed E-state index contributed by atoms with van der Waals surface area (Å²) in [6.07, 6.45) is 0.568. The quantitative estimate of drug-likeness (QED) is 0.848. The molecule has 0 aromatic heterocycles. The molecule has 5 nitrogen and oxygen atoms in total. The van der Waals surface area contributed by atoms with Gasteiger partial charge in [0.15, 0.2) is 0 Å². The molecule has 1 unspecified atom stereocenters. The molecule has 19 heavy (non-hydrogen) atoms. The van der Waals surface area contributed by atoms with Crippen molar-refractivity contribution in [1.82, 2.24) is 4.31 Å². The number of benzene rings is 1. The number of morpholine rings is 1. The number of hydrogen-bond donors (Lipinski definition) is 1. The second kappa shape index (κ2) is 5.44. The molecule has 0 bridgehead atoms. The largest absolute Gasteiger partial charge is 0.399 e. The number of rotatable bonds is 3. The minimum absolute atomic E-state index is 0.146.